The van der Waals surface area contributed by atoms with Gasteiger partial charge in [0, 0.05) is 35.7 Å². The molecule has 0 saturated carbocycles. The minimum absolute atomic E-state index is 0.00546. The lowest BCUT2D eigenvalue weighted by atomic mass is 10.2. The Labute approximate surface area is 139 Å². The van der Waals surface area contributed by atoms with Gasteiger partial charge in [-0.25, -0.2) is 9.97 Å². The molecule has 0 bridgehead atoms. The second-order valence-electron chi connectivity index (χ2n) is 4.93. The SMILES string of the molecule is Cc1cc(-n2cnnc2[S@](C)=O)nc(-c2ccc([N+](=O)[O-])cc2)n1. The molecule has 9 nitrogen and oxygen atoms in total. The van der Waals surface area contributed by atoms with Crippen LogP contribution in [-0.4, -0.2) is 40.1 Å². The quantitative estimate of drug-likeness (QED) is 0.522. The van der Waals surface area contributed by atoms with Crippen molar-refractivity contribution in [1.82, 2.24) is 24.7 Å². The van der Waals surface area contributed by atoms with Crippen molar-refractivity contribution in [3.63, 3.8) is 0 Å². The summed E-state index contributed by atoms with van der Waals surface area (Å²) in [4.78, 5) is 19.1. The van der Waals surface area contributed by atoms with Gasteiger partial charge in [-0.1, -0.05) is 0 Å². The zero-order valence-electron chi connectivity index (χ0n) is 12.8. The monoisotopic (exact) mass is 344 g/mol. The fourth-order valence-corrected chi connectivity index (χ4v) is 2.69. The predicted molar refractivity (Wildman–Crippen MR) is 86.1 cm³/mol. The maximum Gasteiger partial charge on any atom is 0.269 e. The molecule has 0 aliphatic heterocycles. The molecule has 122 valence electrons. The summed E-state index contributed by atoms with van der Waals surface area (Å²) >= 11 is 0. The van der Waals surface area contributed by atoms with Crippen LogP contribution in [0.5, 0.6) is 0 Å². The number of hydrogen-bond donors (Lipinski definition) is 0. The molecule has 1 aromatic carbocycles. The van der Waals surface area contributed by atoms with Crippen LogP contribution in [0.15, 0.2) is 41.8 Å². The third kappa shape index (κ3) is 3.04. The molecule has 0 amide bonds. The van der Waals surface area contributed by atoms with Crippen molar-refractivity contribution in [2.24, 2.45) is 0 Å². The largest absolute Gasteiger partial charge is 0.269 e. The van der Waals surface area contributed by atoms with Gasteiger partial charge in [0.2, 0.25) is 5.16 Å². The third-order valence-corrected chi connectivity index (χ3v) is 3.99. The van der Waals surface area contributed by atoms with Gasteiger partial charge in [0.1, 0.15) is 12.1 Å². The van der Waals surface area contributed by atoms with E-state index in [9.17, 15) is 14.3 Å². The van der Waals surface area contributed by atoms with Gasteiger partial charge in [0.25, 0.3) is 5.69 Å². The van der Waals surface area contributed by atoms with E-state index in [1.54, 1.807) is 25.1 Å². The van der Waals surface area contributed by atoms with Crippen LogP contribution in [0.4, 0.5) is 5.69 Å². The predicted octanol–water partition coefficient (Wildman–Crippen LogP) is 1.68. The average molecular weight is 344 g/mol. The lowest BCUT2D eigenvalue weighted by Crippen LogP contribution is -2.06. The van der Waals surface area contributed by atoms with Gasteiger partial charge in [0.15, 0.2) is 5.82 Å². The highest BCUT2D eigenvalue weighted by Crippen LogP contribution is 2.21. The van der Waals surface area contributed by atoms with Crippen LogP contribution < -0.4 is 0 Å². The molecule has 0 fully saturated rings. The Morgan fingerprint density at radius 3 is 2.54 bits per heavy atom. The molecule has 3 rings (SSSR count). The van der Waals surface area contributed by atoms with Crippen molar-refractivity contribution in [1.29, 1.82) is 0 Å². The van der Waals surface area contributed by atoms with Crippen molar-refractivity contribution in [3.8, 4) is 17.2 Å². The Hall–Kier alpha value is -3.01. The van der Waals surface area contributed by atoms with Gasteiger partial charge in [-0.3, -0.25) is 18.9 Å². The van der Waals surface area contributed by atoms with Gasteiger partial charge in [-0.15, -0.1) is 10.2 Å². The van der Waals surface area contributed by atoms with E-state index in [0.29, 0.717) is 22.9 Å². The Balaban J connectivity index is 2.08. The molecule has 0 spiro atoms. The zero-order chi connectivity index (χ0) is 17.3. The second kappa shape index (κ2) is 6.24. The van der Waals surface area contributed by atoms with Crippen molar-refractivity contribution >= 4 is 16.5 Å². The van der Waals surface area contributed by atoms with Gasteiger partial charge < -0.3 is 0 Å². The molecule has 2 aromatic heterocycles. The molecule has 0 aliphatic rings. The summed E-state index contributed by atoms with van der Waals surface area (Å²) in [6, 6.07) is 7.68. The molecule has 1 atom stereocenters. The molecule has 0 N–H and O–H groups in total. The molecule has 0 aliphatic carbocycles. The summed E-state index contributed by atoms with van der Waals surface area (Å²) in [5, 5.41) is 18.6. The number of aromatic nitrogens is 5. The van der Waals surface area contributed by atoms with Gasteiger partial charge >= 0.3 is 0 Å². The van der Waals surface area contributed by atoms with Crippen LogP contribution in [-0.2, 0) is 10.8 Å². The number of nitro groups is 1. The van der Waals surface area contributed by atoms with Crippen molar-refractivity contribution < 1.29 is 9.13 Å². The maximum absolute atomic E-state index is 11.7. The standard InChI is InChI=1S/C14H12N6O3S/c1-9-7-12(19-8-15-18-14(19)24(2)23)17-13(16-9)10-3-5-11(6-4-10)20(21)22/h3-8H,1-2H3/t24-/m0/s1. The summed E-state index contributed by atoms with van der Waals surface area (Å²) in [6.45, 7) is 1.80. The van der Waals surface area contributed by atoms with E-state index in [1.165, 1.54) is 29.3 Å². The molecule has 24 heavy (non-hydrogen) atoms. The van der Waals surface area contributed by atoms with Crippen molar-refractivity contribution in [3.05, 3.63) is 52.5 Å². The lowest BCUT2D eigenvalue weighted by Gasteiger charge is -2.08. The summed E-state index contributed by atoms with van der Waals surface area (Å²) in [7, 11) is -1.32. The summed E-state index contributed by atoms with van der Waals surface area (Å²) in [5.74, 6) is 0.882. The molecular formula is C14H12N6O3S. The maximum atomic E-state index is 11.7. The van der Waals surface area contributed by atoms with Crippen LogP contribution in [0.1, 0.15) is 5.69 Å². The Morgan fingerprint density at radius 2 is 1.92 bits per heavy atom. The first-order valence-corrected chi connectivity index (χ1v) is 8.36. The van der Waals surface area contributed by atoms with E-state index < -0.39 is 15.7 Å². The Morgan fingerprint density at radius 1 is 1.21 bits per heavy atom. The third-order valence-electron chi connectivity index (χ3n) is 3.20. The van der Waals surface area contributed by atoms with Gasteiger partial charge in [0.05, 0.1) is 15.7 Å². The van der Waals surface area contributed by atoms with Crippen LogP contribution in [0.3, 0.4) is 0 Å². The van der Waals surface area contributed by atoms with E-state index >= 15 is 0 Å². The van der Waals surface area contributed by atoms with Crippen LogP contribution in [0.2, 0.25) is 0 Å². The Kier molecular flexibility index (Phi) is 4.13. The molecule has 3 aromatic rings. The van der Waals surface area contributed by atoms with E-state index in [-0.39, 0.29) is 10.8 Å². The first-order chi connectivity index (χ1) is 11.5. The van der Waals surface area contributed by atoms with Crippen LogP contribution >= 0.6 is 0 Å². The van der Waals surface area contributed by atoms with E-state index in [2.05, 4.69) is 20.2 Å². The second-order valence-corrected chi connectivity index (χ2v) is 6.21. The highest BCUT2D eigenvalue weighted by molar-refractivity contribution is 7.84. The number of rotatable bonds is 4. The first-order valence-electron chi connectivity index (χ1n) is 6.80. The topological polar surface area (TPSA) is 117 Å². The smallest absolute Gasteiger partial charge is 0.258 e. The minimum atomic E-state index is -1.32. The number of non-ortho nitro benzene ring substituents is 1. The number of nitro benzene ring substituents is 1. The summed E-state index contributed by atoms with van der Waals surface area (Å²) in [5.41, 5.74) is 1.32. The number of hydrogen-bond acceptors (Lipinski definition) is 7. The molecule has 0 radical (unpaired) electrons. The lowest BCUT2D eigenvalue weighted by molar-refractivity contribution is -0.384. The van der Waals surface area contributed by atoms with E-state index in [0.717, 1.165) is 0 Å². The molecule has 10 heteroatoms. The number of nitrogens with zero attached hydrogens (tertiary/aromatic N) is 6. The van der Waals surface area contributed by atoms with Crippen molar-refractivity contribution in [2.75, 3.05) is 6.26 Å². The number of benzene rings is 1. The summed E-state index contributed by atoms with van der Waals surface area (Å²) in [6.07, 6.45) is 2.93. The summed E-state index contributed by atoms with van der Waals surface area (Å²) < 4.78 is 13.2. The highest BCUT2D eigenvalue weighted by atomic mass is 32.2. The van der Waals surface area contributed by atoms with Gasteiger partial charge in [-0.2, -0.15) is 0 Å². The van der Waals surface area contributed by atoms with Crippen LogP contribution in [0.25, 0.3) is 17.2 Å². The fourth-order valence-electron chi connectivity index (χ4n) is 2.11. The van der Waals surface area contributed by atoms with E-state index in [1.807, 2.05) is 0 Å². The fraction of sp³-hybridized carbons (Fsp3) is 0.143. The number of aryl methyl sites for hydroxylation is 1. The van der Waals surface area contributed by atoms with E-state index in [4.69, 9.17) is 0 Å². The average Bonchev–Trinajstić information content (AvgIpc) is 3.04. The Bertz CT molecular complexity index is 938. The van der Waals surface area contributed by atoms with Crippen molar-refractivity contribution in [2.45, 2.75) is 12.1 Å². The minimum Gasteiger partial charge on any atom is -0.258 e. The zero-order valence-corrected chi connectivity index (χ0v) is 13.6. The first kappa shape index (κ1) is 15.9. The normalized spacial score (nSPS) is 12.1. The molecule has 2 heterocycles. The molecule has 0 saturated heterocycles. The highest BCUT2D eigenvalue weighted by Gasteiger charge is 2.14. The van der Waals surface area contributed by atoms with Gasteiger partial charge in [-0.05, 0) is 19.1 Å². The molecular weight excluding hydrogens is 332 g/mol. The van der Waals surface area contributed by atoms with Crippen LogP contribution in [0, 0.1) is 17.0 Å². The molecule has 0 unspecified atom stereocenters.